The first-order chi connectivity index (χ1) is 8.57. The molecule has 0 aliphatic carbocycles. The van der Waals surface area contributed by atoms with Crippen LogP contribution in [0.5, 0.6) is 0 Å². The zero-order chi connectivity index (χ0) is 13.2. The number of likely N-dealkylation sites (tertiary alicyclic amines) is 1. The number of halogens is 1. The normalized spacial score (nSPS) is 24.6. The van der Waals surface area contributed by atoms with Gasteiger partial charge in [-0.25, -0.2) is 0 Å². The number of carbonyl (C=O) groups is 1. The van der Waals surface area contributed by atoms with Crippen LogP contribution in [-0.2, 0) is 11.3 Å². The number of nitrogens with zero attached hydrogens (tertiary/aromatic N) is 3. The van der Waals surface area contributed by atoms with Crippen LogP contribution in [0, 0.1) is 5.41 Å². The standard InChI is InChI=1S/C11H16ClN3O2S/c1-2-3-11(10(16)17)4-5-15(7-11)6-8-9(12)18-14-13-8/h2-7H2,1H3,(H,16,17). The third-order valence-electron chi connectivity index (χ3n) is 3.50. The molecule has 0 bridgehead atoms. The number of aromatic nitrogens is 2. The molecule has 18 heavy (non-hydrogen) atoms. The average Bonchev–Trinajstić information content (AvgIpc) is 2.89. The molecule has 0 spiro atoms. The summed E-state index contributed by atoms with van der Waals surface area (Å²) in [6.07, 6.45) is 2.31. The van der Waals surface area contributed by atoms with Crippen LogP contribution < -0.4 is 0 Å². The van der Waals surface area contributed by atoms with Crippen molar-refractivity contribution in [2.45, 2.75) is 32.7 Å². The summed E-state index contributed by atoms with van der Waals surface area (Å²) < 4.78 is 4.38. The maximum Gasteiger partial charge on any atom is 0.310 e. The fraction of sp³-hybridized carbons (Fsp3) is 0.727. The summed E-state index contributed by atoms with van der Waals surface area (Å²) in [5.74, 6) is -0.686. The van der Waals surface area contributed by atoms with Crippen molar-refractivity contribution in [3.05, 3.63) is 10.0 Å². The number of aliphatic carboxylic acids is 1. The highest BCUT2D eigenvalue weighted by molar-refractivity contribution is 7.10. The van der Waals surface area contributed by atoms with Gasteiger partial charge in [0.05, 0.1) is 5.41 Å². The Morgan fingerprint density at radius 3 is 3.00 bits per heavy atom. The molecule has 1 aromatic heterocycles. The van der Waals surface area contributed by atoms with Gasteiger partial charge >= 0.3 is 5.97 Å². The van der Waals surface area contributed by atoms with Crippen molar-refractivity contribution in [2.75, 3.05) is 13.1 Å². The smallest absolute Gasteiger partial charge is 0.310 e. The topological polar surface area (TPSA) is 66.3 Å². The van der Waals surface area contributed by atoms with Crippen LogP contribution in [0.25, 0.3) is 0 Å². The minimum atomic E-state index is -0.686. The van der Waals surface area contributed by atoms with Crippen molar-refractivity contribution in [3.8, 4) is 0 Å². The Morgan fingerprint density at radius 1 is 1.67 bits per heavy atom. The van der Waals surface area contributed by atoms with Gasteiger partial charge in [0.2, 0.25) is 0 Å². The van der Waals surface area contributed by atoms with E-state index in [0.717, 1.165) is 25.1 Å². The van der Waals surface area contributed by atoms with Gasteiger partial charge in [0.15, 0.2) is 0 Å². The molecule has 5 nitrogen and oxygen atoms in total. The number of carboxylic acid groups (broad SMARTS) is 1. The van der Waals surface area contributed by atoms with Crippen LogP contribution in [-0.4, -0.2) is 38.7 Å². The Kier molecular flexibility index (Phi) is 4.19. The first-order valence-electron chi connectivity index (χ1n) is 6.00. The molecule has 1 aromatic rings. The van der Waals surface area contributed by atoms with Crippen molar-refractivity contribution >= 4 is 29.1 Å². The van der Waals surface area contributed by atoms with Crippen molar-refractivity contribution in [3.63, 3.8) is 0 Å². The SMILES string of the molecule is CCCC1(C(=O)O)CCN(Cc2nnsc2Cl)C1. The Morgan fingerprint density at radius 2 is 2.44 bits per heavy atom. The molecule has 1 saturated heterocycles. The van der Waals surface area contributed by atoms with Crippen LogP contribution in [0.3, 0.4) is 0 Å². The van der Waals surface area contributed by atoms with Gasteiger partial charge in [0.25, 0.3) is 0 Å². The number of hydrogen-bond acceptors (Lipinski definition) is 5. The third-order valence-corrected chi connectivity index (χ3v) is 4.48. The molecule has 1 N–H and O–H groups in total. The molecule has 1 unspecified atom stereocenters. The van der Waals surface area contributed by atoms with Crippen molar-refractivity contribution in [1.82, 2.24) is 14.5 Å². The lowest BCUT2D eigenvalue weighted by molar-refractivity contribution is -0.148. The Labute approximate surface area is 115 Å². The fourth-order valence-corrected chi connectivity index (χ4v) is 3.17. The molecule has 2 rings (SSSR count). The second-order valence-corrected chi connectivity index (χ2v) is 6.15. The molecule has 2 heterocycles. The summed E-state index contributed by atoms with van der Waals surface area (Å²) >= 11 is 7.13. The van der Waals surface area contributed by atoms with Crippen molar-refractivity contribution in [2.24, 2.45) is 5.41 Å². The number of hydrogen-bond donors (Lipinski definition) is 1. The fourth-order valence-electron chi connectivity index (χ4n) is 2.56. The van der Waals surface area contributed by atoms with Crippen LogP contribution in [0.4, 0.5) is 0 Å². The molecular weight excluding hydrogens is 274 g/mol. The maximum absolute atomic E-state index is 11.4. The zero-order valence-corrected chi connectivity index (χ0v) is 11.8. The number of rotatable bonds is 5. The lowest BCUT2D eigenvalue weighted by Gasteiger charge is -2.23. The number of carboxylic acids is 1. The van der Waals surface area contributed by atoms with Gasteiger partial charge in [-0.3, -0.25) is 9.69 Å². The van der Waals surface area contributed by atoms with Crippen molar-refractivity contribution < 1.29 is 9.90 Å². The monoisotopic (exact) mass is 289 g/mol. The van der Waals surface area contributed by atoms with Gasteiger partial charge in [-0.2, -0.15) is 0 Å². The van der Waals surface area contributed by atoms with Gasteiger partial charge in [0, 0.05) is 24.6 Å². The Hall–Kier alpha value is -0.720. The molecule has 7 heteroatoms. The van der Waals surface area contributed by atoms with Gasteiger partial charge < -0.3 is 5.11 Å². The highest BCUT2D eigenvalue weighted by atomic mass is 35.5. The van der Waals surface area contributed by atoms with Crippen LogP contribution >= 0.6 is 23.1 Å². The van der Waals surface area contributed by atoms with E-state index in [9.17, 15) is 9.90 Å². The quantitative estimate of drug-likeness (QED) is 0.901. The molecule has 1 aliphatic heterocycles. The highest BCUT2D eigenvalue weighted by Gasteiger charge is 2.43. The predicted molar refractivity (Wildman–Crippen MR) is 69.8 cm³/mol. The summed E-state index contributed by atoms with van der Waals surface area (Å²) in [6.45, 7) is 3.97. The molecule has 0 aromatic carbocycles. The molecule has 0 radical (unpaired) electrons. The second-order valence-electron chi connectivity index (χ2n) is 4.79. The van der Waals surface area contributed by atoms with E-state index in [2.05, 4.69) is 14.5 Å². The summed E-state index contributed by atoms with van der Waals surface area (Å²) in [5, 5.41) is 13.4. The first-order valence-corrected chi connectivity index (χ1v) is 7.15. The average molecular weight is 290 g/mol. The largest absolute Gasteiger partial charge is 0.481 e. The van der Waals surface area contributed by atoms with E-state index in [0.29, 0.717) is 23.8 Å². The molecule has 1 fully saturated rings. The van der Waals surface area contributed by atoms with E-state index in [1.807, 2.05) is 6.92 Å². The lowest BCUT2D eigenvalue weighted by atomic mass is 9.83. The summed E-state index contributed by atoms with van der Waals surface area (Å²) in [6, 6.07) is 0. The molecule has 0 saturated carbocycles. The third kappa shape index (κ3) is 2.65. The van der Waals surface area contributed by atoms with Gasteiger partial charge in [-0.15, -0.1) is 5.10 Å². The van der Waals surface area contributed by atoms with E-state index < -0.39 is 11.4 Å². The molecule has 1 atom stereocenters. The minimum Gasteiger partial charge on any atom is -0.481 e. The second kappa shape index (κ2) is 5.50. The van der Waals surface area contributed by atoms with E-state index in [-0.39, 0.29) is 0 Å². The minimum absolute atomic E-state index is 0.573. The maximum atomic E-state index is 11.4. The van der Waals surface area contributed by atoms with E-state index >= 15 is 0 Å². The molecule has 100 valence electrons. The Balaban J connectivity index is 2.03. The van der Waals surface area contributed by atoms with Gasteiger partial charge in [-0.1, -0.05) is 29.4 Å². The lowest BCUT2D eigenvalue weighted by Crippen LogP contribution is -2.34. The molecular formula is C11H16ClN3O2S. The van der Waals surface area contributed by atoms with Crippen molar-refractivity contribution in [1.29, 1.82) is 0 Å². The summed E-state index contributed by atoms with van der Waals surface area (Å²) in [5.41, 5.74) is 0.157. The van der Waals surface area contributed by atoms with Gasteiger partial charge in [-0.05, 0) is 19.4 Å². The van der Waals surface area contributed by atoms with E-state index in [1.54, 1.807) is 0 Å². The zero-order valence-electron chi connectivity index (χ0n) is 10.2. The Bertz CT molecular complexity index is 440. The summed E-state index contributed by atoms with van der Waals surface area (Å²) in [7, 11) is 0. The van der Waals surface area contributed by atoms with Gasteiger partial charge in [0.1, 0.15) is 10.0 Å². The molecule has 1 aliphatic rings. The van der Waals surface area contributed by atoms with E-state index in [4.69, 9.17) is 11.6 Å². The highest BCUT2D eigenvalue weighted by Crippen LogP contribution is 2.36. The summed E-state index contributed by atoms with van der Waals surface area (Å²) in [4.78, 5) is 13.6. The first kappa shape index (κ1) is 13.7. The van der Waals surface area contributed by atoms with Crippen LogP contribution in [0.15, 0.2) is 0 Å². The predicted octanol–water partition coefficient (Wildman–Crippen LogP) is 2.27. The van der Waals surface area contributed by atoms with E-state index in [1.165, 1.54) is 11.5 Å². The van der Waals surface area contributed by atoms with Crippen LogP contribution in [0.1, 0.15) is 31.9 Å². The van der Waals surface area contributed by atoms with Crippen LogP contribution in [0.2, 0.25) is 4.34 Å². The molecule has 0 amide bonds.